The highest BCUT2D eigenvalue weighted by atomic mass is 16.6. The van der Waals surface area contributed by atoms with Gasteiger partial charge in [0, 0.05) is 5.69 Å². The van der Waals surface area contributed by atoms with Crippen molar-refractivity contribution in [1.29, 1.82) is 0 Å². The second-order valence-corrected chi connectivity index (χ2v) is 3.94. The van der Waals surface area contributed by atoms with Crippen molar-refractivity contribution in [1.82, 2.24) is 0 Å². The van der Waals surface area contributed by atoms with E-state index in [1.807, 2.05) is 13.0 Å². The molecule has 0 radical (unpaired) electrons. The van der Waals surface area contributed by atoms with Crippen LogP contribution in [0.25, 0.3) is 4.85 Å². The number of rotatable bonds is 2. The van der Waals surface area contributed by atoms with Crippen molar-refractivity contribution in [3.63, 3.8) is 0 Å². The molecule has 0 bridgehead atoms. The van der Waals surface area contributed by atoms with Crippen LogP contribution >= 0.6 is 0 Å². The number of nitrogens with one attached hydrogen (secondary N) is 1. The molecule has 2 aromatic carbocycles. The fourth-order valence-electron chi connectivity index (χ4n) is 1.60. The molecule has 94 valence electrons. The quantitative estimate of drug-likeness (QED) is 0.815. The van der Waals surface area contributed by atoms with Crippen LogP contribution in [0.1, 0.15) is 5.56 Å². The van der Waals surface area contributed by atoms with E-state index in [2.05, 4.69) is 10.2 Å². The highest BCUT2D eigenvalue weighted by Gasteiger charge is 2.06. The van der Waals surface area contributed by atoms with Crippen LogP contribution in [0.4, 0.5) is 16.2 Å². The molecule has 0 spiro atoms. The van der Waals surface area contributed by atoms with Crippen LogP contribution in [-0.2, 0) is 0 Å². The van der Waals surface area contributed by atoms with Gasteiger partial charge in [-0.2, -0.15) is 0 Å². The van der Waals surface area contributed by atoms with Crippen molar-refractivity contribution >= 4 is 17.5 Å². The Balaban J connectivity index is 2.04. The van der Waals surface area contributed by atoms with E-state index in [-0.39, 0.29) is 0 Å². The van der Waals surface area contributed by atoms with Crippen molar-refractivity contribution in [2.45, 2.75) is 6.92 Å². The maximum Gasteiger partial charge on any atom is 0.417 e. The van der Waals surface area contributed by atoms with Gasteiger partial charge in [0.25, 0.3) is 0 Å². The smallest absolute Gasteiger partial charge is 0.410 e. The summed E-state index contributed by atoms with van der Waals surface area (Å²) in [6, 6.07) is 13.9. The molecule has 0 saturated heterocycles. The molecular formula is C15H12N2O2. The van der Waals surface area contributed by atoms with Crippen molar-refractivity contribution < 1.29 is 9.53 Å². The summed E-state index contributed by atoms with van der Waals surface area (Å²) in [5.74, 6) is 0.481. The predicted molar refractivity (Wildman–Crippen MR) is 73.5 cm³/mol. The number of anilines is 1. The topological polar surface area (TPSA) is 42.7 Å². The summed E-state index contributed by atoms with van der Waals surface area (Å²) < 4.78 is 5.10. The number of para-hydroxylation sites is 1. The number of carbonyl (C=O) groups is 1. The van der Waals surface area contributed by atoms with Gasteiger partial charge in [-0.1, -0.05) is 24.3 Å². The molecule has 0 fully saturated rings. The number of amides is 1. The molecule has 4 heteroatoms. The molecule has 2 aromatic rings. The Morgan fingerprint density at radius 1 is 1.21 bits per heavy atom. The molecule has 0 aliphatic rings. The van der Waals surface area contributed by atoms with E-state index >= 15 is 0 Å². The lowest BCUT2D eigenvalue weighted by Crippen LogP contribution is -2.16. The summed E-state index contributed by atoms with van der Waals surface area (Å²) in [6.45, 7) is 8.78. The van der Waals surface area contributed by atoms with Crippen LogP contribution in [0, 0.1) is 13.5 Å². The van der Waals surface area contributed by atoms with Crippen molar-refractivity contribution in [3.8, 4) is 5.75 Å². The number of hydrogen-bond acceptors (Lipinski definition) is 2. The van der Waals surface area contributed by atoms with Gasteiger partial charge in [0.15, 0.2) is 5.69 Å². The first-order valence-corrected chi connectivity index (χ1v) is 5.71. The number of hydrogen-bond donors (Lipinski definition) is 1. The molecule has 4 nitrogen and oxygen atoms in total. The Kier molecular flexibility index (Phi) is 3.79. The third-order valence-electron chi connectivity index (χ3n) is 2.52. The first-order valence-electron chi connectivity index (χ1n) is 5.71. The van der Waals surface area contributed by atoms with Gasteiger partial charge in [-0.3, -0.25) is 5.32 Å². The molecule has 1 amide bonds. The fraction of sp³-hybridized carbons (Fsp3) is 0.0667. The maximum atomic E-state index is 11.7. The zero-order chi connectivity index (χ0) is 13.7. The van der Waals surface area contributed by atoms with E-state index in [0.29, 0.717) is 17.1 Å². The van der Waals surface area contributed by atoms with Crippen LogP contribution in [0.15, 0.2) is 48.5 Å². The summed E-state index contributed by atoms with van der Waals surface area (Å²) in [6.07, 6.45) is -0.554. The molecule has 0 unspecified atom stereocenters. The Hall–Kier alpha value is -2.80. The van der Waals surface area contributed by atoms with Gasteiger partial charge in [0.05, 0.1) is 6.57 Å². The average Bonchev–Trinajstić information content (AvgIpc) is 2.40. The van der Waals surface area contributed by atoms with Crippen LogP contribution < -0.4 is 10.1 Å². The van der Waals surface area contributed by atoms with E-state index in [4.69, 9.17) is 11.3 Å². The molecule has 0 aromatic heterocycles. The SMILES string of the molecule is [C-]#[N+]c1ccc(NC(=O)Oc2ccccc2)cc1C. The molecule has 19 heavy (non-hydrogen) atoms. The van der Waals surface area contributed by atoms with E-state index in [0.717, 1.165) is 5.56 Å². The monoisotopic (exact) mass is 252 g/mol. The zero-order valence-electron chi connectivity index (χ0n) is 10.4. The van der Waals surface area contributed by atoms with Gasteiger partial charge < -0.3 is 4.74 Å². The lowest BCUT2D eigenvalue weighted by Gasteiger charge is -2.07. The average molecular weight is 252 g/mol. The summed E-state index contributed by atoms with van der Waals surface area (Å²) >= 11 is 0. The van der Waals surface area contributed by atoms with Crippen LogP contribution in [0.2, 0.25) is 0 Å². The largest absolute Gasteiger partial charge is 0.417 e. The zero-order valence-corrected chi connectivity index (χ0v) is 10.4. The normalized spacial score (nSPS) is 9.47. The first-order chi connectivity index (χ1) is 9.19. The summed E-state index contributed by atoms with van der Waals surface area (Å²) in [7, 11) is 0. The Labute approximate surface area is 111 Å². The van der Waals surface area contributed by atoms with Crippen LogP contribution in [-0.4, -0.2) is 6.09 Å². The molecule has 0 aliphatic carbocycles. The number of ether oxygens (including phenoxy) is 1. The van der Waals surface area contributed by atoms with Gasteiger partial charge >= 0.3 is 6.09 Å². The molecule has 1 N–H and O–H groups in total. The van der Waals surface area contributed by atoms with E-state index in [1.54, 1.807) is 42.5 Å². The van der Waals surface area contributed by atoms with Crippen molar-refractivity contribution in [2.24, 2.45) is 0 Å². The van der Waals surface area contributed by atoms with Gasteiger partial charge in [0.1, 0.15) is 5.75 Å². The number of nitrogens with zero attached hydrogens (tertiary/aromatic N) is 1. The summed E-state index contributed by atoms with van der Waals surface area (Å²) in [5, 5.41) is 2.62. The lowest BCUT2D eigenvalue weighted by atomic mass is 10.2. The summed E-state index contributed by atoms with van der Waals surface area (Å²) in [4.78, 5) is 15.0. The highest BCUT2D eigenvalue weighted by molar-refractivity contribution is 5.86. The minimum atomic E-state index is -0.554. The van der Waals surface area contributed by atoms with Crippen LogP contribution in [0.5, 0.6) is 5.75 Å². The molecule has 2 rings (SSSR count). The molecule has 0 aliphatic heterocycles. The molecule has 0 saturated carbocycles. The minimum Gasteiger partial charge on any atom is -0.410 e. The van der Waals surface area contributed by atoms with Crippen molar-refractivity contribution in [2.75, 3.05) is 5.32 Å². The lowest BCUT2D eigenvalue weighted by molar-refractivity contribution is 0.215. The highest BCUT2D eigenvalue weighted by Crippen LogP contribution is 2.22. The summed E-state index contributed by atoms with van der Waals surface area (Å²) in [5.41, 5.74) is 1.99. The van der Waals surface area contributed by atoms with Crippen molar-refractivity contribution in [3.05, 3.63) is 65.5 Å². The van der Waals surface area contributed by atoms with E-state index in [1.165, 1.54) is 0 Å². The molecule has 0 heterocycles. The first kappa shape index (κ1) is 12.7. The van der Waals surface area contributed by atoms with Gasteiger partial charge in [0.2, 0.25) is 0 Å². The van der Waals surface area contributed by atoms with E-state index in [9.17, 15) is 4.79 Å². The fourth-order valence-corrected chi connectivity index (χ4v) is 1.60. The third kappa shape index (κ3) is 3.33. The minimum absolute atomic E-state index is 0.481. The second kappa shape index (κ2) is 5.69. The number of carbonyl (C=O) groups excluding carboxylic acids is 1. The van der Waals surface area contributed by atoms with Gasteiger partial charge in [-0.15, -0.1) is 0 Å². The third-order valence-corrected chi connectivity index (χ3v) is 2.52. The standard InChI is InChI=1S/C15H12N2O2/c1-11-10-12(8-9-14(11)16-2)17-15(18)19-13-6-4-3-5-7-13/h3-10H,1H3,(H,17,18). The van der Waals surface area contributed by atoms with Gasteiger partial charge in [-0.05, 0) is 36.8 Å². The van der Waals surface area contributed by atoms with Gasteiger partial charge in [-0.25, -0.2) is 9.64 Å². The van der Waals surface area contributed by atoms with E-state index < -0.39 is 6.09 Å². The number of benzene rings is 2. The predicted octanol–water partition coefficient (Wildman–Crippen LogP) is 4.16. The van der Waals surface area contributed by atoms with Crippen LogP contribution in [0.3, 0.4) is 0 Å². The molecular weight excluding hydrogens is 240 g/mol. The Bertz CT molecular complexity index is 630. The Morgan fingerprint density at radius 3 is 2.58 bits per heavy atom. The number of aryl methyl sites for hydroxylation is 1. The second-order valence-electron chi connectivity index (χ2n) is 3.94. The molecule has 0 atom stereocenters. The Morgan fingerprint density at radius 2 is 1.95 bits per heavy atom. The maximum absolute atomic E-state index is 11.7.